The molecule has 7 nitrogen and oxygen atoms in total. The first-order valence-electron chi connectivity index (χ1n) is 7.10. The number of hydrogen-bond acceptors (Lipinski definition) is 5. The number of nitrogens with one attached hydrogen (secondary N) is 1. The molecule has 1 atom stereocenters. The van der Waals surface area contributed by atoms with E-state index in [1.54, 1.807) is 4.57 Å². The zero-order valence-electron chi connectivity index (χ0n) is 11.4. The van der Waals surface area contributed by atoms with E-state index in [1.807, 2.05) is 4.90 Å². The molecule has 8 heteroatoms. The molecule has 1 N–H and O–H groups in total. The number of aromatic amines is 1. The summed E-state index contributed by atoms with van der Waals surface area (Å²) in [6.07, 6.45) is 4.04. The molecule has 2 aliphatic heterocycles. The highest BCUT2D eigenvalue weighted by atomic mass is 32.2. The highest BCUT2D eigenvalue weighted by Gasteiger charge is 2.30. The number of hydrogen-bond donors (Lipinski definition) is 1. The standard InChI is InChI=1S/C13H15N5O2S/c19-10(17-3-1-2-4-17)5-8-7-21-13-15-11-9(6-14-16-11)12(20)18(8)13/h6,8H,1-5,7H2,(H,14,16). The first-order chi connectivity index (χ1) is 10.2. The molecule has 21 heavy (non-hydrogen) atoms. The van der Waals surface area contributed by atoms with E-state index in [-0.39, 0.29) is 17.5 Å². The molecule has 1 amide bonds. The molecule has 2 aromatic rings. The van der Waals surface area contributed by atoms with Crippen LogP contribution < -0.4 is 5.56 Å². The Morgan fingerprint density at radius 1 is 1.43 bits per heavy atom. The van der Waals surface area contributed by atoms with E-state index in [1.165, 1.54) is 18.0 Å². The van der Waals surface area contributed by atoms with Gasteiger partial charge in [-0.15, -0.1) is 0 Å². The van der Waals surface area contributed by atoms with E-state index in [9.17, 15) is 9.59 Å². The predicted octanol–water partition coefficient (Wildman–Crippen LogP) is 0.779. The van der Waals surface area contributed by atoms with Gasteiger partial charge in [0.1, 0.15) is 5.39 Å². The third-order valence-electron chi connectivity index (χ3n) is 4.12. The molecule has 1 saturated heterocycles. The Hall–Kier alpha value is -1.83. The first-order valence-corrected chi connectivity index (χ1v) is 8.09. The number of thioether (sulfide) groups is 1. The van der Waals surface area contributed by atoms with Crippen LogP contribution in [0.2, 0.25) is 0 Å². The number of amides is 1. The average Bonchev–Trinajstić information content (AvgIpc) is 3.18. The molecular formula is C13H15N5O2S. The van der Waals surface area contributed by atoms with E-state index in [0.29, 0.717) is 22.6 Å². The molecule has 0 aliphatic carbocycles. The van der Waals surface area contributed by atoms with Gasteiger partial charge in [-0.2, -0.15) is 5.10 Å². The van der Waals surface area contributed by atoms with Crippen molar-refractivity contribution in [3.8, 4) is 0 Å². The van der Waals surface area contributed by atoms with Crippen LogP contribution in [0.4, 0.5) is 0 Å². The van der Waals surface area contributed by atoms with E-state index in [0.717, 1.165) is 31.7 Å². The minimum absolute atomic E-state index is 0.0996. The van der Waals surface area contributed by atoms with Crippen molar-refractivity contribution in [2.24, 2.45) is 0 Å². The summed E-state index contributed by atoms with van der Waals surface area (Å²) in [4.78, 5) is 31.1. The van der Waals surface area contributed by atoms with E-state index >= 15 is 0 Å². The molecule has 0 bridgehead atoms. The SMILES string of the molecule is O=C(CC1CSc2nc3[nH]ncc3c(=O)n21)N1CCCC1. The fourth-order valence-electron chi connectivity index (χ4n) is 3.00. The smallest absolute Gasteiger partial charge is 0.265 e. The van der Waals surface area contributed by atoms with Crippen molar-refractivity contribution in [3.63, 3.8) is 0 Å². The molecule has 110 valence electrons. The van der Waals surface area contributed by atoms with Crippen molar-refractivity contribution >= 4 is 28.7 Å². The summed E-state index contributed by atoms with van der Waals surface area (Å²) < 4.78 is 1.66. The minimum Gasteiger partial charge on any atom is -0.343 e. The number of aromatic nitrogens is 4. The van der Waals surface area contributed by atoms with E-state index in [2.05, 4.69) is 15.2 Å². The van der Waals surface area contributed by atoms with Crippen LogP contribution in [0.15, 0.2) is 16.1 Å². The maximum atomic E-state index is 12.5. The topological polar surface area (TPSA) is 83.9 Å². The zero-order valence-corrected chi connectivity index (χ0v) is 12.2. The Kier molecular flexibility index (Phi) is 2.99. The predicted molar refractivity (Wildman–Crippen MR) is 78.3 cm³/mol. The van der Waals surface area contributed by atoms with Crippen molar-refractivity contribution in [3.05, 3.63) is 16.6 Å². The maximum absolute atomic E-state index is 12.5. The third kappa shape index (κ3) is 2.05. The molecule has 0 spiro atoms. The summed E-state index contributed by atoms with van der Waals surface area (Å²) in [5, 5.41) is 7.76. The fourth-order valence-corrected chi connectivity index (χ4v) is 4.14. The van der Waals surface area contributed by atoms with Gasteiger partial charge < -0.3 is 4.90 Å². The van der Waals surface area contributed by atoms with Crippen molar-refractivity contribution in [1.29, 1.82) is 0 Å². The highest BCUT2D eigenvalue weighted by molar-refractivity contribution is 7.99. The number of H-pyrrole nitrogens is 1. The maximum Gasteiger partial charge on any atom is 0.265 e. The van der Waals surface area contributed by atoms with Gasteiger partial charge in [0.15, 0.2) is 10.8 Å². The van der Waals surface area contributed by atoms with Crippen LogP contribution in [0, 0.1) is 0 Å². The van der Waals surface area contributed by atoms with Crippen LogP contribution in [0.3, 0.4) is 0 Å². The van der Waals surface area contributed by atoms with Crippen molar-refractivity contribution in [2.75, 3.05) is 18.8 Å². The van der Waals surface area contributed by atoms with Gasteiger partial charge in [-0.05, 0) is 12.8 Å². The second-order valence-electron chi connectivity index (χ2n) is 5.46. The van der Waals surface area contributed by atoms with Crippen LogP contribution in [0.1, 0.15) is 25.3 Å². The Balaban J connectivity index is 1.66. The van der Waals surface area contributed by atoms with E-state index in [4.69, 9.17) is 0 Å². The van der Waals surface area contributed by atoms with Crippen LogP contribution in [-0.2, 0) is 4.79 Å². The number of fused-ring (bicyclic) bond motifs is 2. The molecule has 4 rings (SSSR count). The van der Waals surface area contributed by atoms with Crippen LogP contribution >= 0.6 is 11.8 Å². The number of rotatable bonds is 2. The number of carbonyl (C=O) groups is 1. The molecule has 4 heterocycles. The lowest BCUT2D eigenvalue weighted by Gasteiger charge is -2.18. The normalized spacial score (nSPS) is 21.1. The molecular weight excluding hydrogens is 290 g/mol. The summed E-state index contributed by atoms with van der Waals surface area (Å²) in [7, 11) is 0. The van der Waals surface area contributed by atoms with Crippen LogP contribution in [0.25, 0.3) is 11.0 Å². The molecule has 1 fully saturated rings. The highest BCUT2D eigenvalue weighted by Crippen LogP contribution is 2.33. The van der Waals surface area contributed by atoms with Gasteiger partial charge in [-0.1, -0.05) is 11.8 Å². The van der Waals surface area contributed by atoms with Crippen LogP contribution in [-0.4, -0.2) is 49.4 Å². The Morgan fingerprint density at radius 2 is 2.24 bits per heavy atom. The molecule has 2 aliphatic rings. The summed E-state index contributed by atoms with van der Waals surface area (Å²) in [5.41, 5.74) is 0.415. The number of carbonyl (C=O) groups excluding carboxylic acids is 1. The summed E-state index contributed by atoms with van der Waals surface area (Å²) in [6.45, 7) is 1.69. The van der Waals surface area contributed by atoms with Crippen LogP contribution in [0.5, 0.6) is 0 Å². The van der Waals surface area contributed by atoms with Gasteiger partial charge in [0.25, 0.3) is 5.56 Å². The van der Waals surface area contributed by atoms with Gasteiger partial charge >= 0.3 is 0 Å². The average molecular weight is 305 g/mol. The second-order valence-corrected chi connectivity index (χ2v) is 6.45. The van der Waals surface area contributed by atoms with Gasteiger partial charge in [-0.3, -0.25) is 19.3 Å². The lowest BCUT2D eigenvalue weighted by molar-refractivity contribution is -0.130. The molecule has 0 saturated carbocycles. The molecule has 0 radical (unpaired) electrons. The third-order valence-corrected chi connectivity index (χ3v) is 5.22. The molecule has 1 unspecified atom stereocenters. The van der Waals surface area contributed by atoms with Gasteiger partial charge in [-0.25, -0.2) is 4.98 Å². The van der Waals surface area contributed by atoms with E-state index < -0.39 is 0 Å². The van der Waals surface area contributed by atoms with Crippen molar-refractivity contribution in [1.82, 2.24) is 24.6 Å². The molecule has 0 aromatic carbocycles. The number of nitrogens with zero attached hydrogens (tertiary/aromatic N) is 4. The summed E-state index contributed by atoms with van der Waals surface area (Å²) >= 11 is 1.53. The largest absolute Gasteiger partial charge is 0.343 e. The Morgan fingerprint density at radius 3 is 3.05 bits per heavy atom. The first kappa shape index (κ1) is 12.9. The lowest BCUT2D eigenvalue weighted by atomic mass is 10.2. The van der Waals surface area contributed by atoms with Gasteiger partial charge in [0.05, 0.1) is 12.2 Å². The lowest BCUT2D eigenvalue weighted by Crippen LogP contribution is -2.32. The Bertz CT molecular complexity index is 761. The van der Waals surface area contributed by atoms with Gasteiger partial charge in [0.2, 0.25) is 5.91 Å². The molecule has 2 aromatic heterocycles. The number of likely N-dealkylation sites (tertiary alicyclic amines) is 1. The van der Waals surface area contributed by atoms with Crippen molar-refractivity contribution in [2.45, 2.75) is 30.5 Å². The fraction of sp³-hybridized carbons (Fsp3) is 0.538. The second kappa shape index (κ2) is 4.87. The Labute approximate surface area is 124 Å². The van der Waals surface area contributed by atoms with Crippen molar-refractivity contribution < 1.29 is 4.79 Å². The summed E-state index contributed by atoms with van der Waals surface area (Å²) in [6, 6.07) is -0.0996. The quantitative estimate of drug-likeness (QED) is 0.829. The summed E-state index contributed by atoms with van der Waals surface area (Å²) in [5.74, 6) is 0.868. The zero-order chi connectivity index (χ0) is 14.4. The minimum atomic E-state index is -0.104. The monoisotopic (exact) mass is 305 g/mol. The van der Waals surface area contributed by atoms with Gasteiger partial charge in [0, 0.05) is 25.3 Å².